The van der Waals surface area contributed by atoms with Crippen molar-refractivity contribution in [3.05, 3.63) is 40.9 Å². The van der Waals surface area contributed by atoms with Crippen molar-refractivity contribution in [3.8, 4) is 11.5 Å². The fourth-order valence-electron chi connectivity index (χ4n) is 3.25. The van der Waals surface area contributed by atoms with Crippen LogP contribution in [-0.4, -0.2) is 44.7 Å². The van der Waals surface area contributed by atoms with Gasteiger partial charge in [0.25, 0.3) is 15.6 Å². The van der Waals surface area contributed by atoms with Crippen molar-refractivity contribution in [1.82, 2.24) is 9.55 Å². The first-order chi connectivity index (χ1) is 16.6. The van der Waals surface area contributed by atoms with E-state index in [9.17, 15) is 48.3 Å². The zero-order chi connectivity index (χ0) is 26.5. The van der Waals surface area contributed by atoms with Crippen molar-refractivity contribution in [2.45, 2.75) is 24.5 Å². The maximum Gasteiger partial charge on any atom is 0.351 e. The van der Waals surface area contributed by atoms with Crippen molar-refractivity contribution in [1.29, 1.82) is 0 Å². The van der Waals surface area contributed by atoms with E-state index in [2.05, 4.69) is 23.4 Å². The number of phosphoric ester groups is 1. The van der Waals surface area contributed by atoms with Crippen molar-refractivity contribution in [2.24, 2.45) is 0 Å². The number of fused-ring (bicyclic) bond motifs is 2. The Morgan fingerprint density at radius 3 is 2.42 bits per heavy atom. The number of anilines is 2. The lowest BCUT2D eigenvalue weighted by molar-refractivity contribution is -0.339. The molecule has 0 aliphatic carbocycles. The van der Waals surface area contributed by atoms with Crippen LogP contribution in [0.15, 0.2) is 35.3 Å². The molecule has 6 atom stereocenters. The lowest BCUT2D eigenvalue weighted by Gasteiger charge is -2.37. The third kappa shape index (κ3) is 6.10. The summed E-state index contributed by atoms with van der Waals surface area (Å²) in [5.41, 5.74) is -0.422. The van der Waals surface area contributed by atoms with Crippen LogP contribution in [0.2, 0.25) is 0 Å². The summed E-state index contributed by atoms with van der Waals surface area (Å²) in [7, 11) is -18.2. The van der Waals surface area contributed by atoms with Gasteiger partial charge in [0.1, 0.15) is 18.3 Å². The third-order valence-electron chi connectivity index (χ3n) is 4.69. The zero-order valence-electron chi connectivity index (χ0n) is 17.3. The number of aliphatic hydroxyl groups is 2. The molecule has 4 rings (SSSR count). The van der Waals surface area contributed by atoms with E-state index in [-0.39, 0.29) is 11.6 Å². The first-order valence-corrected chi connectivity index (χ1v) is 13.9. The van der Waals surface area contributed by atoms with Gasteiger partial charge in [-0.1, -0.05) is 12.1 Å². The van der Waals surface area contributed by atoms with E-state index in [0.29, 0.717) is 11.4 Å². The van der Waals surface area contributed by atoms with Gasteiger partial charge in [-0.2, -0.15) is 4.98 Å². The molecule has 198 valence electrons. The first-order valence-electron chi connectivity index (χ1n) is 9.54. The van der Waals surface area contributed by atoms with Crippen LogP contribution in [0.5, 0.6) is 11.5 Å². The molecule has 3 heterocycles. The first kappa shape index (κ1) is 27.0. The normalized spacial score (nSPS) is 26.6. The monoisotopic (exact) mass is 569 g/mol. The van der Waals surface area contributed by atoms with Crippen LogP contribution in [-0.2, 0) is 31.6 Å². The van der Waals surface area contributed by atoms with Crippen molar-refractivity contribution < 1.29 is 66.1 Å². The quantitative estimate of drug-likeness (QED) is 0.237. The smallest absolute Gasteiger partial charge is 0.351 e. The maximum absolute atomic E-state index is 12.5. The molecule has 21 heteroatoms. The number of ether oxygens (including phenoxy) is 2. The lowest BCUT2D eigenvalue weighted by atomic mass is 10.1. The van der Waals surface area contributed by atoms with Crippen molar-refractivity contribution in [2.75, 3.05) is 11.9 Å². The highest BCUT2D eigenvalue weighted by atomic mass is 31.3. The number of rotatable bonds is 8. The molecule has 2 aliphatic heterocycles. The summed E-state index contributed by atoms with van der Waals surface area (Å²) in [5, 5.41) is 23.4. The third-order valence-corrected chi connectivity index (χ3v) is 8.35. The highest BCUT2D eigenvalue weighted by Crippen LogP contribution is 2.60. The van der Waals surface area contributed by atoms with Crippen LogP contribution in [0.3, 0.4) is 0 Å². The summed E-state index contributed by atoms with van der Waals surface area (Å²) in [6, 6.07) is 6.71. The number of aromatic nitrogens is 2. The molecular formula is C15H14N3O15P3-4. The SMILES string of the molecule is O=c1nc2c(cn1[C@@H]1O[C@H](COP(=O)([O-])OP(=O)([O-])OP(=O)([O-])[O-])[C@@H](O)[C@H]1O)Oc1ccccc1N2. The number of aliphatic hydroxyl groups excluding tert-OH is 2. The Bertz CT molecular complexity index is 1360. The number of nitrogens with one attached hydrogen (secondary N) is 1. The molecule has 36 heavy (non-hydrogen) atoms. The average Bonchev–Trinajstić information content (AvgIpc) is 3.02. The van der Waals surface area contributed by atoms with Crippen LogP contribution in [0.25, 0.3) is 0 Å². The van der Waals surface area contributed by atoms with Gasteiger partial charge in [0.15, 0.2) is 23.5 Å². The Morgan fingerprint density at radius 2 is 1.72 bits per heavy atom. The molecular weight excluding hydrogens is 555 g/mol. The highest BCUT2D eigenvalue weighted by Gasteiger charge is 2.45. The lowest BCUT2D eigenvalue weighted by Crippen LogP contribution is -2.36. The minimum atomic E-state index is -6.19. The van der Waals surface area contributed by atoms with Crippen molar-refractivity contribution >= 4 is 35.0 Å². The largest absolute Gasteiger partial charge is 0.790 e. The minimum Gasteiger partial charge on any atom is -0.790 e. The van der Waals surface area contributed by atoms with Crippen molar-refractivity contribution in [3.63, 3.8) is 0 Å². The van der Waals surface area contributed by atoms with Gasteiger partial charge in [-0.25, -0.2) is 9.11 Å². The van der Waals surface area contributed by atoms with E-state index in [1.165, 1.54) is 0 Å². The van der Waals surface area contributed by atoms with E-state index in [4.69, 9.17) is 9.47 Å². The molecule has 2 unspecified atom stereocenters. The van der Waals surface area contributed by atoms with Crippen LogP contribution in [0.1, 0.15) is 6.23 Å². The number of benzene rings is 1. The summed E-state index contributed by atoms with van der Waals surface area (Å²) in [5.74, 6) is 0.501. The topological polar surface area (TPSA) is 277 Å². The van der Waals surface area contributed by atoms with E-state index in [0.717, 1.165) is 10.8 Å². The van der Waals surface area contributed by atoms with Crippen LogP contribution in [0.4, 0.5) is 11.5 Å². The number of hydrogen-bond donors (Lipinski definition) is 3. The minimum absolute atomic E-state index is 0.0518. The molecule has 2 aromatic rings. The summed E-state index contributed by atoms with van der Waals surface area (Å²) < 4.78 is 55.7. The average molecular weight is 569 g/mol. The molecule has 0 amide bonds. The fraction of sp³-hybridized carbons (Fsp3) is 0.333. The second kappa shape index (κ2) is 9.70. The Labute approximate surface area is 200 Å². The summed E-state index contributed by atoms with van der Waals surface area (Å²) in [4.78, 5) is 60.0. The fourth-order valence-corrected chi connectivity index (χ4v) is 6.11. The van der Waals surface area contributed by atoms with E-state index in [1.54, 1.807) is 24.3 Å². The summed E-state index contributed by atoms with van der Waals surface area (Å²) in [6.07, 6.45) is -5.86. The van der Waals surface area contributed by atoms with Gasteiger partial charge < -0.3 is 53.7 Å². The molecule has 1 saturated heterocycles. The summed E-state index contributed by atoms with van der Waals surface area (Å²) >= 11 is 0. The molecule has 0 radical (unpaired) electrons. The molecule has 0 bridgehead atoms. The molecule has 1 aromatic heterocycles. The van der Waals surface area contributed by atoms with E-state index < -0.39 is 60.3 Å². The predicted octanol–water partition coefficient (Wildman–Crippen LogP) is -2.47. The van der Waals surface area contributed by atoms with E-state index in [1.807, 2.05) is 0 Å². The maximum atomic E-state index is 12.5. The van der Waals surface area contributed by atoms with Gasteiger partial charge in [-0.05, 0) is 12.1 Å². The second-order valence-corrected chi connectivity index (χ2v) is 11.5. The number of hydrogen-bond acceptors (Lipinski definition) is 17. The van der Waals surface area contributed by atoms with Crippen LogP contribution in [0, 0.1) is 0 Å². The van der Waals surface area contributed by atoms with Gasteiger partial charge in [0.2, 0.25) is 0 Å². The second-order valence-electron chi connectivity index (χ2n) is 7.21. The number of nitrogens with zero attached hydrogens (tertiary/aromatic N) is 2. The number of phosphoric acid groups is 3. The molecule has 3 N–H and O–H groups in total. The Hall–Kier alpha value is -2.01. The predicted molar refractivity (Wildman–Crippen MR) is 105 cm³/mol. The number of para-hydroxylation sites is 2. The molecule has 2 aliphatic rings. The van der Waals surface area contributed by atoms with Gasteiger partial charge in [-0.15, -0.1) is 0 Å². The Balaban J connectivity index is 1.46. The molecule has 18 nitrogen and oxygen atoms in total. The molecule has 1 fully saturated rings. The van der Waals surface area contributed by atoms with Gasteiger partial charge >= 0.3 is 5.69 Å². The van der Waals surface area contributed by atoms with Crippen LogP contribution < -0.4 is 35.3 Å². The zero-order valence-corrected chi connectivity index (χ0v) is 20.0. The Kier molecular flexibility index (Phi) is 7.29. The standard InChI is InChI=1S/C15H18N3O15P3/c19-11-10(6-29-35(25,26)33-36(27,28)32-34(22,23)24)31-14(12(11)20)18-5-9-13(17-15(18)21)16-7-3-1-2-4-8(7)30-9/h1-5,10-12,14,19-20H,6H2,(H,25,26)(H,27,28)(H,16,17,21)(H2,22,23,24)/p-4/t10-,11-,12-,14-/m1/s1. The van der Waals surface area contributed by atoms with Gasteiger partial charge in [0.05, 0.1) is 26.3 Å². The molecule has 0 saturated carbocycles. The Morgan fingerprint density at radius 1 is 1.03 bits per heavy atom. The van der Waals surface area contributed by atoms with E-state index >= 15 is 0 Å². The molecule has 1 aromatic carbocycles. The summed E-state index contributed by atoms with van der Waals surface area (Å²) in [6.45, 7) is -1.17. The molecule has 0 spiro atoms. The van der Waals surface area contributed by atoms with Crippen LogP contribution >= 0.6 is 23.5 Å². The van der Waals surface area contributed by atoms with Gasteiger partial charge in [-0.3, -0.25) is 18.0 Å². The highest BCUT2D eigenvalue weighted by molar-refractivity contribution is 7.64. The van der Waals surface area contributed by atoms with Gasteiger partial charge in [0, 0.05) is 0 Å².